The van der Waals surface area contributed by atoms with Gasteiger partial charge < -0.3 is 19.9 Å². The van der Waals surface area contributed by atoms with Crippen LogP contribution in [0.5, 0.6) is 5.75 Å². The molecule has 2 heterocycles. The van der Waals surface area contributed by atoms with Gasteiger partial charge in [-0.1, -0.05) is 24.3 Å². The van der Waals surface area contributed by atoms with Crippen LogP contribution in [0.3, 0.4) is 0 Å². The lowest BCUT2D eigenvalue weighted by Gasteiger charge is -2.34. The minimum absolute atomic E-state index is 0.860. The third kappa shape index (κ3) is 4.25. The van der Waals surface area contributed by atoms with Gasteiger partial charge in [0, 0.05) is 49.1 Å². The second-order valence-corrected chi connectivity index (χ2v) is 8.29. The van der Waals surface area contributed by atoms with Crippen LogP contribution in [0, 0.1) is 0 Å². The predicted octanol–water partition coefficient (Wildman–Crippen LogP) is 5.41. The summed E-state index contributed by atoms with van der Waals surface area (Å²) in [7, 11) is 3.87. The van der Waals surface area contributed by atoms with Crippen LogP contribution in [0.4, 0.5) is 17.2 Å². The fraction of sp³-hybridized carbons (Fsp3) is 0.222. The summed E-state index contributed by atoms with van der Waals surface area (Å²) in [5, 5.41) is 5.79. The summed E-state index contributed by atoms with van der Waals surface area (Å²) in [5.74, 6) is 1.73. The van der Waals surface area contributed by atoms with Crippen LogP contribution < -0.4 is 15.0 Å². The van der Waals surface area contributed by atoms with Crippen molar-refractivity contribution in [1.82, 2.24) is 9.88 Å². The third-order valence-electron chi connectivity index (χ3n) is 6.19. The molecular weight excluding hydrogens is 396 g/mol. The van der Waals surface area contributed by atoms with E-state index in [0.717, 1.165) is 65.3 Å². The van der Waals surface area contributed by atoms with E-state index in [2.05, 4.69) is 87.8 Å². The second kappa shape index (κ2) is 8.89. The van der Waals surface area contributed by atoms with E-state index in [1.165, 1.54) is 5.69 Å². The molecule has 0 spiro atoms. The number of nitrogens with zero attached hydrogens (tertiary/aromatic N) is 3. The summed E-state index contributed by atoms with van der Waals surface area (Å²) in [6.45, 7) is 4.36. The van der Waals surface area contributed by atoms with Gasteiger partial charge >= 0.3 is 0 Å². The van der Waals surface area contributed by atoms with Crippen LogP contribution in [0.25, 0.3) is 21.9 Å². The van der Waals surface area contributed by atoms with Crippen molar-refractivity contribution >= 4 is 28.0 Å². The van der Waals surface area contributed by atoms with Crippen molar-refractivity contribution in [3.8, 4) is 16.9 Å². The van der Waals surface area contributed by atoms with Crippen molar-refractivity contribution in [3.05, 3.63) is 79.0 Å². The van der Waals surface area contributed by atoms with Gasteiger partial charge in [0.2, 0.25) is 0 Å². The molecule has 0 saturated carbocycles. The number of ether oxygens (including phenoxy) is 1. The van der Waals surface area contributed by atoms with Crippen LogP contribution in [0.1, 0.15) is 0 Å². The molecule has 3 aromatic carbocycles. The molecule has 1 fully saturated rings. The van der Waals surface area contributed by atoms with Crippen LogP contribution in [0.15, 0.2) is 79.0 Å². The Morgan fingerprint density at radius 1 is 0.812 bits per heavy atom. The number of nitrogens with one attached hydrogen (secondary N) is 1. The molecule has 0 radical (unpaired) electrons. The highest BCUT2D eigenvalue weighted by atomic mass is 16.5. The molecule has 0 aliphatic carbocycles. The number of methoxy groups -OCH3 is 1. The first-order valence-corrected chi connectivity index (χ1v) is 11.0. The maximum atomic E-state index is 5.29. The Bertz CT molecular complexity index is 1200. The first kappa shape index (κ1) is 20.3. The highest BCUT2D eigenvalue weighted by Gasteiger charge is 2.14. The number of hydrogen-bond acceptors (Lipinski definition) is 5. The summed E-state index contributed by atoms with van der Waals surface area (Å²) in [6, 6.07) is 25.4. The first-order valence-electron chi connectivity index (χ1n) is 11.0. The maximum Gasteiger partial charge on any atom is 0.138 e. The van der Waals surface area contributed by atoms with Gasteiger partial charge in [0.15, 0.2) is 0 Å². The van der Waals surface area contributed by atoms with Gasteiger partial charge in [-0.15, -0.1) is 0 Å². The average Bonchev–Trinajstić information content (AvgIpc) is 2.85. The lowest BCUT2D eigenvalue weighted by Crippen LogP contribution is -2.44. The predicted molar refractivity (Wildman–Crippen MR) is 133 cm³/mol. The van der Waals surface area contributed by atoms with Crippen molar-refractivity contribution in [2.45, 2.75) is 0 Å². The Labute approximate surface area is 189 Å². The largest absolute Gasteiger partial charge is 0.497 e. The molecule has 5 rings (SSSR count). The van der Waals surface area contributed by atoms with Gasteiger partial charge in [0.1, 0.15) is 11.6 Å². The maximum absolute atomic E-state index is 5.29. The molecule has 5 heteroatoms. The molecule has 5 nitrogen and oxygen atoms in total. The van der Waals surface area contributed by atoms with E-state index in [1.807, 2.05) is 18.3 Å². The van der Waals surface area contributed by atoms with Crippen LogP contribution in [0.2, 0.25) is 0 Å². The zero-order valence-corrected chi connectivity index (χ0v) is 18.6. The van der Waals surface area contributed by atoms with Crippen LogP contribution in [-0.4, -0.2) is 50.2 Å². The first-order chi connectivity index (χ1) is 15.7. The van der Waals surface area contributed by atoms with Crippen molar-refractivity contribution in [2.24, 2.45) is 0 Å². The minimum atomic E-state index is 0.860. The van der Waals surface area contributed by atoms with E-state index < -0.39 is 0 Å². The van der Waals surface area contributed by atoms with E-state index in [1.54, 1.807) is 7.11 Å². The van der Waals surface area contributed by atoms with Crippen molar-refractivity contribution in [1.29, 1.82) is 0 Å². The van der Waals surface area contributed by atoms with Gasteiger partial charge in [0.25, 0.3) is 0 Å². The fourth-order valence-corrected chi connectivity index (χ4v) is 4.19. The van der Waals surface area contributed by atoms with E-state index in [9.17, 15) is 0 Å². The molecule has 1 aliphatic rings. The molecule has 4 aromatic rings. The fourth-order valence-electron chi connectivity index (χ4n) is 4.19. The molecule has 0 amide bonds. The summed E-state index contributed by atoms with van der Waals surface area (Å²) in [6.07, 6.45) is 1.86. The molecule has 0 bridgehead atoms. The Morgan fingerprint density at radius 2 is 1.53 bits per heavy atom. The highest BCUT2D eigenvalue weighted by Crippen LogP contribution is 2.31. The van der Waals surface area contributed by atoms with Crippen molar-refractivity contribution in [2.75, 3.05) is 50.6 Å². The number of benzene rings is 3. The highest BCUT2D eigenvalue weighted by molar-refractivity contribution is 5.96. The van der Waals surface area contributed by atoms with Crippen LogP contribution >= 0.6 is 0 Å². The van der Waals surface area contributed by atoms with Crippen LogP contribution in [-0.2, 0) is 0 Å². The van der Waals surface area contributed by atoms with Gasteiger partial charge in [0.05, 0.1) is 7.11 Å². The van der Waals surface area contributed by atoms with Gasteiger partial charge in [-0.05, 0) is 72.1 Å². The smallest absolute Gasteiger partial charge is 0.138 e. The quantitative estimate of drug-likeness (QED) is 0.464. The molecule has 1 saturated heterocycles. The number of hydrogen-bond donors (Lipinski definition) is 1. The molecule has 1 aromatic heterocycles. The average molecular weight is 425 g/mol. The molecule has 0 atom stereocenters. The summed E-state index contributed by atoms with van der Waals surface area (Å²) < 4.78 is 5.29. The minimum Gasteiger partial charge on any atom is -0.497 e. The lowest BCUT2D eigenvalue weighted by molar-refractivity contribution is 0.313. The van der Waals surface area contributed by atoms with Crippen molar-refractivity contribution < 1.29 is 4.74 Å². The van der Waals surface area contributed by atoms with E-state index in [-0.39, 0.29) is 0 Å². The zero-order chi connectivity index (χ0) is 21.9. The van der Waals surface area contributed by atoms with E-state index >= 15 is 0 Å². The zero-order valence-electron chi connectivity index (χ0n) is 18.6. The number of pyridine rings is 1. The molecule has 32 heavy (non-hydrogen) atoms. The van der Waals surface area contributed by atoms with E-state index in [4.69, 9.17) is 4.74 Å². The Balaban J connectivity index is 1.40. The molecular formula is C27H28N4O. The SMILES string of the molecule is COc1ccc(-c2ccc3ccnc(Nc4ccc(N5CCN(C)CC5)cc4)c3c2)cc1. The third-order valence-corrected chi connectivity index (χ3v) is 6.19. The topological polar surface area (TPSA) is 40.6 Å². The number of anilines is 3. The monoisotopic (exact) mass is 424 g/mol. The Kier molecular flexibility index (Phi) is 5.65. The number of piperazine rings is 1. The molecule has 162 valence electrons. The van der Waals surface area contributed by atoms with Gasteiger partial charge in [-0.25, -0.2) is 4.98 Å². The lowest BCUT2D eigenvalue weighted by atomic mass is 10.0. The van der Waals surface area contributed by atoms with Gasteiger partial charge in [-0.2, -0.15) is 0 Å². The Morgan fingerprint density at radius 3 is 2.25 bits per heavy atom. The number of rotatable bonds is 5. The van der Waals surface area contributed by atoms with E-state index in [0.29, 0.717) is 0 Å². The number of aromatic nitrogens is 1. The molecule has 1 N–H and O–H groups in total. The standard InChI is InChI=1S/C27H28N4O/c1-30-15-17-31(18-16-30)24-9-7-23(8-10-24)29-27-26-19-22(4-3-21(26)13-14-28-27)20-5-11-25(32-2)12-6-20/h3-14,19H,15-18H2,1-2H3,(H,28,29). The summed E-state index contributed by atoms with van der Waals surface area (Å²) in [5.41, 5.74) is 4.62. The summed E-state index contributed by atoms with van der Waals surface area (Å²) >= 11 is 0. The number of likely N-dealkylation sites (N-methyl/N-ethyl adjacent to an activating group) is 1. The second-order valence-electron chi connectivity index (χ2n) is 8.29. The molecule has 0 unspecified atom stereocenters. The molecule has 1 aliphatic heterocycles. The summed E-state index contributed by atoms with van der Waals surface area (Å²) in [4.78, 5) is 9.46. The van der Waals surface area contributed by atoms with Crippen molar-refractivity contribution in [3.63, 3.8) is 0 Å². The van der Waals surface area contributed by atoms with Gasteiger partial charge in [-0.3, -0.25) is 0 Å². The number of fused-ring (bicyclic) bond motifs is 1. The normalized spacial score (nSPS) is 14.5. The Hall–Kier alpha value is -3.57.